The normalized spacial score (nSPS) is 17.8. The van der Waals surface area contributed by atoms with Gasteiger partial charge in [0, 0.05) is 51.4 Å². The summed E-state index contributed by atoms with van der Waals surface area (Å²) in [5.41, 5.74) is 34.9. The van der Waals surface area contributed by atoms with Crippen LogP contribution >= 0.6 is 0 Å². The Labute approximate surface area is 803 Å². The average molecular weight is 1880 g/mol. The van der Waals surface area contributed by atoms with E-state index in [1.807, 2.05) is 20.8 Å². The number of benzene rings is 7. The van der Waals surface area contributed by atoms with E-state index in [1.54, 1.807) is 212 Å². The van der Waals surface area contributed by atoms with Crippen LogP contribution < -0.4 is 65.9 Å². The zero-order chi connectivity index (χ0) is 98.8. The number of nitrogens with two attached hydrogens (primary N) is 5. The minimum Gasteiger partial charge on any atom is -0.368 e. The third-order valence-electron chi connectivity index (χ3n) is 23.6. The van der Waals surface area contributed by atoms with E-state index in [1.165, 1.54) is 0 Å². The second-order valence-corrected chi connectivity index (χ2v) is 34.6. The first-order chi connectivity index (χ1) is 66.2. The molecule has 1 saturated heterocycles. The van der Waals surface area contributed by atoms with Crippen molar-refractivity contribution in [2.45, 2.75) is 257 Å². The molecule has 8 rings (SSSR count). The van der Waals surface area contributed by atoms with Crippen molar-refractivity contribution in [3.8, 4) is 0 Å². The van der Waals surface area contributed by atoms with E-state index < -0.39 is 178 Å². The Morgan fingerprint density at radius 3 is 0.752 bits per heavy atom. The van der Waals surface area contributed by atoms with Crippen molar-refractivity contribution in [3.05, 3.63) is 251 Å². The van der Waals surface area contributed by atoms with Gasteiger partial charge >= 0.3 is 48.0 Å². The van der Waals surface area contributed by atoms with Gasteiger partial charge in [-0.3, -0.25) is 43.2 Å². The molecule has 21 amide bonds. The molecular weight excluding hydrogens is 1740 g/mol. The number of primary amides is 1. The van der Waals surface area contributed by atoms with Gasteiger partial charge in [0.15, 0.2) is 0 Å². The van der Waals surface area contributed by atoms with Gasteiger partial charge in [-0.1, -0.05) is 246 Å². The lowest BCUT2D eigenvalue weighted by Crippen LogP contribution is -2.66. The zero-order valence-electron chi connectivity index (χ0n) is 79.2. The molecule has 0 aromatic heterocycles. The first-order valence-corrected chi connectivity index (χ1v) is 48.0. The van der Waals surface area contributed by atoms with E-state index in [4.69, 9.17) is 28.7 Å². The molecule has 7 aromatic rings. The molecule has 7 atom stereocenters. The fraction of sp³-hybridized carbons (Fsp3) is 0.447. The smallest absolute Gasteiger partial charge is 0.327 e. The van der Waals surface area contributed by atoms with E-state index in [0.717, 1.165) is 19.6 Å². The Balaban J connectivity index is 1.47. The number of aryl methyl sites for hydroxylation is 5. The number of nitrogens with one attached hydrogen (secondary N) is 7. The summed E-state index contributed by atoms with van der Waals surface area (Å²) >= 11 is 0. The maximum absolute atomic E-state index is 16.7. The minimum absolute atomic E-state index is 0.00252. The van der Waals surface area contributed by atoms with E-state index in [0.29, 0.717) is 66.5 Å². The van der Waals surface area contributed by atoms with Crippen LogP contribution in [0.3, 0.4) is 0 Å². The van der Waals surface area contributed by atoms with Gasteiger partial charge in [-0.25, -0.2) is 58.2 Å². The van der Waals surface area contributed by atoms with Crippen LogP contribution in [0.25, 0.3) is 0 Å². The van der Waals surface area contributed by atoms with Gasteiger partial charge < -0.3 is 70.8 Å². The number of carbonyl (C=O) groups is 15. The molecule has 34 nitrogen and oxygen atoms in total. The molecule has 17 N–H and O–H groups in total. The molecule has 7 aromatic carbocycles. The molecule has 34 heteroatoms. The largest absolute Gasteiger partial charge is 0.368 e. The quantitative estimate of drug-likeness (QED) is 0.0125. The van der Waals surface area contributed by atoms with Gasteiger partial charge in [-0.2, -0.15) is 0 Å². The summed E-state index contributed by atoms with van der Waals surface area (Å²) < 4.78 is 0. The lowest BCUT2D eigenvalue weighted by Gasteiger charge is -2.39. The second-order valence-electron chi connectivity index (χ2n) is 34.6. The van der Waals surface area contributed by atoms with Crippen LogP contribution in [0.1, 0.15) is 207 Å². The van der Waals surface area contributed by atoms with Gasteiger partial charge in [0.25, 0.3) is 0 Å². The van der Waals surface area contributed by atoms with E-state index in [9.17, 15) is 4.79 Å². The molecule has 1 fully saturated rings. The summed E-state index contributed by atoms with van der Waals surface area (Å²) in [4.78, 5) is 245. The number of rotatable bonds is 44. The monoisotopic (exact) mass is 1880 g/mol. The summed E-state index contributed by atoms with van der Waals surface area (Å²) in [5, 5.41) is 19.7. The van der Waals surface area contributed by atoms with E-state index >= 15 is 67.1 Å². The number of nitrogens with zero attached hydrogens (tertiary/aromatic N) is 7. The summed E-state index contributed by atoms with van der Waals surface area (Å²) in [7, 11) is 0. The van der Waals surface area contributed by atoms with Crippen LogP contribution in [0, 0.1) is 5.92 Å². The highest BCUT2D eigenvalue weighted by Crippen LogP contribution is 2.26. The molecule has 0 bridgehead atoms. The maximum Gasteiger partial charge on any atom is 0.327 e. The number of unbranched alkanes of at least 4 members (excludes halogenated alkanes) is 6. The topological polar surface area (TPSA) is 493 Å². The van der Waals surface area contributed by atoms with E-state index in [-0.39, 0.29) is 173 Å². The van der Waals surface area contributed by atoms with Crippen LogP contribution in [0.4, 0.5) is 28.8 Å². The molecule has 1 aliphatic heterocycles. The molecule has 0 radical (unpaired) electrons. The van der Waals surface area contributed by atoms with Crippen molar-refractivity contribution in [3.63, 3.8) is 0 Å². The standard InChI is InChI=1S/C103H139N19O15/c1-4-5-13-50-84-113-101(135)122(90(124)61-55-74(2)3)89(72-81-48-26-12-27-49-81)115-103(137)121(95(129)66-60-79-44-22-10-23-45-79)87(54-31-35-70-107)112-100(134)119(93(127)64-58-77-40-18-8-19-41-77)85(52-29-33-68-105)110-98(132)117(91(125)62-56-75-36-14-6-15-37-75)83(51-28-32-67-104)109-96(130)97(131)116(73-82(108)123)88(71-80-46-24-11-25-47-80)114-102(136)120(94(128)65-59-78-42-20-9-21-43-78)86(53-30-34-69-106)111-99(133)118(84)92(126)63-57-76-38-16-7-17-39-76/h6-12,14-27,36-49,74,83-89H,4-5,13,28-35,50-73,104-107H2,1-3H3,(H2,108,123)(H,109,130)(H,110,132)(H,111,133)(H,112,134)(H,113,135)(H,114,136)(H,115,137)/t83-,84-,85-,86-,87-,88-,89-/m1/s1. The van der Waals surface area contributed by atoms with Gasteiger partial charge in [-0.15, -0.1) is 0 Å². The molecule has 1 aliphatic rings. The second kappa shape index (κ2) is 59.3. The Kier molecular flexibility index (Phi) is 47.1. The molecule has 1 heterocycles. The van der Waals surface area contributed by atoms with Crippen molar-refractivity contribution < 1.29 is 71.9 Å². The molecule has 137 heavy (non-hydrogen) atoms. The molecule has 0 unspecified atom stereocenters. The van der Waals surface area contributed by atoms with Gasteiger partial charge in [0.1, 0.15) is 49.7 Å². The number of hydrogen-bond donors (Lipinski definition) is 12. The summed E-state index contributed by atoms with van der Waals surface area (Å²) in [6, 6.07) is 52.7. The predicted octanol–water partition coefficient (Wildman–Crippen LogP) is 11.1. The Morgan fingerprint density at radius 1 is 0.285 bits per heavy atom. The average Bonchev–Trinajstić information content (AvgIpc) is 0.895. The molecule has 736 valence electrons. The van der Waals surface area contributed by atoms with Gasteiger partial charge in [0.2, 0.25) is 41.4 Å². The number of amides is 21. The van der Waals surface area contributed by atoms with Crippen molar-refractivity contribution in [2.24, 2.45) is 34.6 Å². The summed E-state index contributed by atoms with van der Waals surface area (Å²) in [5.74, 6) is -10.2. The maximum atomic E-state index is 16.7. The highest BCUT2D eigenvalue weighted by molar-refractivity contribution is 6.35. The lowest BCUT2D eigenvalue weighted by atomic mass is 10.1. The number of urea groups is 6. The van der Waals surface area contributed by atoms with Gasteiger partial charge in [0.05, 0.1) is 0 Å². The predicted molar refractivity (Wildman–Crippen MR) is 522 cm³/mol. The van der Waals surface area contributed by atoms with Crippen LogP contribution in [0.15, 0.2) is 212 Å². The third kappa shape index (κ3) is 36.2. The van der Waals surface area contributed by atoms with E-state index in [2.05, 4.69) is 37.2 Å². The fourth-order valence-corrected chi connectivity index (χ4v) is 16.3. The van der Waals surface area contributed by atoms with Crippen LogP contribution in [-0.4, -0.2) is 200 Å². The SMILES string of the molecule is CCCCC[C@@H]1NC(=O)N(C(=O)CCC(C)C)[C@H](Cc2ccccc2)NC(=O)N(C(=O)CCc2ccccc2)[C@H](CCCCN)NC(=O)N(C(=O)CCc2ccccc2)[C@H](CCCCN)NC(=O)N(C(=O)CCc2ccccc2)[C@H](CCCCN)NC(=O)C(=O)N(CC(N)=O)[C@H](Cc2ccccc2)NC(=O)N(C(=O)CCc2ccccc2)[C@H](CCCCN)NC(=O)N1C(=O)CCc1ccccc1. The van der Waals surface area contributed by atoms with Crippen LogP contribution in [0.5, 0.6) is 0 Å². The molecule has 0 spiro atoms. The number of hydrogen-bond acceptors (Lipinski definition) is 19. The molecule has 0 aliphatic carbocycles. The van der Waals surface area contributed by atoms with Crippen molar-refractivity contribution in [1.82, 2.24) is 71.5 Å². The third-order valence-corrected chi connectivity index (χ3v) is 23.6. The van der Waals surface area contributed by atoms with Crippen LogP contribution in [0.2, 0.25) is 0 Å². The number of imide groups is 6. The van der Waals surface area contributed by atoms with Crippen LogP contribution in [-0.2, 0) is 88.1 Å². The fourth-order valence-electron chi connectivity index (χ4n) is 16.3. The highest BCUT2D eigenvalue weighted by Gasteiger charge is 2.45. The van der Waals surface area contributed by atoms with Crippen molar-refractivity contribution in [1.29, 1.82) is 0 Å². The zero-order valence-corrected chi connectivity index (χ0v) is 79.2. The Hall–Kier alpha value is -13.6. The molecular formula is C103H139N19O15. The van der Waals surface area contributed by atoms with Crippen molar-refractivity contribution >= 4 is 89.4 Å². The first kappa shape index (κ1) is 109. The lowest BCUT2D eigenvalue weighted by molar-refractivity contribution is -0.150. The van der Waals surface area contributed by atoms with Gasteiger partial charge in [-0.05, 0) is 199 Å². The number of carbonyl (C=O) groups excluding carboxylic acids is 15. The summed E-state index contributed by atoms with van der Waals surface area (Å²) in [6.07, 6.45) is -15.1. The Morgan fingerprint density at radius 2 is 0.504 bits per heavy atom. The minimum atomic E-state index is -1.87. The Bertz CT molecular complexity index is 4980. The molecule has 0 saturated carbocycles. The highest BCUT2D eigenvalue weighted by atomic mass is 16.2. The summed E-state index contributed by atoms with van der Waals surface area (Å²) in [6.45, 7) is 4.69. The first-order valence-electron chi connectivity index (χ1n) is 48.0. The van der Waals surface area contributed by atoms with Crippen molar-refractivity contribution in [2.75, 3.05) is 32.7 Å².